The van der Waals surface area contributed by atoms with Crippen LogP contribution < -0.4 is 0 Å². The topological polar surface area (TPSA) is 38.9 Å². The highest BCUT2D eigenvalue weighted by Gasteiger charge is 2.19. The van der Waals surface area contributed by atoms with Gasteiger partial charge in [-0.1, -0.05) is 121 Å². The molecule has 0 spiro atoms. The first kappa shape index (κ1) is 21.3. The van der Waals surface area contributed by atoms with E-state index in [1.807, 2.05) is 36.4 Å². The van der Waals surface area contributed by atoms with Gasteiger partial charge in [-0.15, -0.1) is 0 Å². The summed E-state index contributed by atoms with van der Waals surface area (Å²) in [4.78, 5) is 10.2. The van der Waals surface area contributed by atoms with Crippen LogP contribution in [0.5, 0.6) is 0 Å². The van der Waals surface area contributed by atoms with Gasteiger partial charge >= 0.3 is 0 Å². The number of furan rings is 1. The Balaban J connectivity index is 1.46. The van der Waals surface area contributed by atoms with E-state index >= 15 is 0 Å². The molecule has 0 aliphatic heterocycles. The molecule has 0 radical (unpaired) electrons. The Labute approximate surface area is 214 Å². The van der Waals surface area contributed by atoms with Gasteiger partial charge in [-0.05, 0) is 34.4 Å². The van der Waals surface area contributed by atoms with Crippen LogP contribution in [-0.2, 0) is 0 Å². The summed E-state index contributed by atoms with van der Waals surface area (Å²) >= 11 is 0. The lowest BCUT2D eigenvalue weighted by molar-refractivity contribution is 0.667. The van der Waals surface area contributed by atoms with Gasteiger partial charge in [0.2, 0.25) is 0 Å². The fourth-order valence-corrected chi connectivity index (χ4v) is 4.91. The Morgan fingerprint density at radius 1 is 0.432 bits per heavy atom. The van der Waals surface area contributed by atoms with E-state index in [0.717, 1.165) is 50.0 Å². The minimum atomic E-state index is 0.681. The Kier molecular flexibility index (Phi) is 5.11. The van der Waals surface area contributed by atoms with Crippen LogP contribution in [-0.4, -0.2) is 9.97 Å². The normalized spacial score (nSPS) is 11.2. The summed E-state index contributed by atoms with van der Waals surface area (Å²) in [6, 6.07) is 45.6. The van der Waals surface area contributed by atoms with E-state index in [-0.39, 0.29) is 0 Å². The zero-order valence-corrected chi connectivity index (χ0v) is 20.0. The van der Waals surface area contributed by atoms with E-state index in [4.69, 9.17) is 14.4 Å². The molecule has 3 heteroatoms. The Morgan fingerprint density at radius 2 is 1.00 bits per heavy atom. The zero-order valence-electron chi connectivity index (χ0n) is 20.0. The van der Waals surface area contributed by atoms with Crippen molar-refractivity contribution in [3.8, 4) is 44.9 Å². The van der Waals surface area contributed by atoms with Crippen molar-refractivity contribution in [2.75, 3.05) is 0 Å². The SMILES string of the molecule is c1ccc(-c2ccc(-c3nc(-c4ccccc4-c4ccccc4)nc4c3oc3ccccc34)cc2)cc1. The van der Waals surface area contributed by atoms with Crippen LogP contribution in [0.15, 0.2) is 138 Å². The molecule has 2 heterocycles. The van der Waals surface area contributed by atoms with Gasteiger partial charge in [-0.25, -0.2) is 9.97 Å². The van der Waals surface area contributed by atoms with Crippen molar-refractivity contribution < 1.29 is 4.42 Å². The molecular formula is C34H22N2O. The molecule has 7 rings (SSSR count). The molecule has 0 atom stereocenters. The van der Waals surface area contributed by atoms with Crippen molar-refractivity contribution in [3.63, 3.8) is 0 Å². The van der Waals surface area contributed by atoms with Gasteiger partial charge in [-0.2, -0.15) is 0 Å². The fraction of sp³-hybridized carbons (Fsp3) is 0. The van der Waals surface area contributed by atoms with E-state index < -0.39 is 0 Å². The number of aromatic nitrogens is 2. The summed E-state index contributed by atoms with van der Waals surface area (Å²) in [7, 11) is 0. The van der Waals surface area contributed by atoms with Crippen molar-refractivity contribution >= 4 is 22.1 Å². The van der Waals surface area contributed by atoms with Gasteiger partial charge in [0.1, 0.15) is 16.8 Å². The molecule has 5 aromatic carbocycles. The van der Waals surface area contributed by atoms with Crippen molar-refractivity contribution in [2.45, 2.75) is 0 Å². The van der Waals surface area contributed by atoms with Gasteiger partial charge in [0.25, 0.3) is 0 Å². The van der Waals surface area contributed by atoms with Gasteiger partial charge in [0.15, 0.2) is 11.4 Å². The summed E-state index contributed by atoms with van der Waals surface area (Å²) in [5, 5.41) is 0.987. The second-order valence-electron chi connectivity index (χ2n) is 9.03. The summed E-state index contributed by atoms with van der Waals surface area (Å²) in [5.41, 5.74) is 9.68. The summed E-state index contributed by atoms with van der Waals surface area (Å²) < 4.78 is 6.33. The molecule has 0 fully saturated rings. The minimum absolute atomic E-state index is 0.681. The highest BCUT2D eigenvalue weighted by molar-refractivity contribution is 6.07. The van der Waals surface area contributed by atoms with Crippen molar-refractivity contribution in [3.05, 3.63) is 133 Å². The molecule has 7 aromatic rings. The molecule has 0 aliphatic rings. The van der Waals surface area contributed by atoms with Gasteiger partial charge in [0, 0.05) is 16.5 Å². The number of hydrogen-bond donors (Lipinski definition) is 0. The number of fused-ring (bicyclic) bond motifs is 3. The van der Waals surface area contributed by atoms with E-state index in [1.165, 1.54) is 5.56 Å². The molecule has 0 unspecified atom stereocenters. The number of para-hydroxylation sites is 1. The van der Waals surface area contributed by atoms with Crippen LogP contribution in [0, 0.1) is 0 Å². The molecule has 0 bridgehead atoms. The van der Waals surface area contributed by atoms with Crippen LogP contribution >= 0.6 is 0 Å². The summed E-state index contributed by atoms with van der Waals surface area (Å²) in [6.07, 6.45) is 0. The standard InChI is InChI=1S/C34H22N2O/c1-3-11-23(12-4-1)24-19-21-26(22-20-24)31-33-32(29-17-9-10-18-30(29)37-33)36-34(35-31)28-16-8-7-15-27(28)25-13-5-2-6-14-25/h1-22H. The lowest BCUT2D eigenvalue weighted by Crippen LogP contribution is -1.95. The van der Waals surface area contributed by atoms with E-state index in [9.17, 15) is 0 Å². The van der Waals surface area contributed by atoms with Gasteiger partial charge in [-0.3, -0.25) is 0 Å². The maximum atomic E-state index is 6.33. The fourth-order valence-electron chi connectivity index (χ4n) is 4.91. The molecule has 0 aliphatic carbocycles. The average Bonchev–Trinajstić information content (AvgIpc) is 3.36. The van der Waals surface area contributed by atoms with Crippen LogP contribution in [0.25, 0.3) is 67.0 Å². The maximum Gasteiger partial charge on any atom is 0.180 e. The predicted octanol–water partition coefficient (Wildman–Crippen LogP) is 9.04. The molecule has 0 saturated carbocycles. The molecule has 0 saturated heterocycles. The second kappa shape index (κ2) is 8.89. The second-order valence-corrected chi connectivity index (χ2v) is 9.03. The largest absolute Gasteiger partial charge is 0.452 e. The predicted molar refractivity (Wildman–Crippen MR) is 151 cm³/mol. The van der Waals surface area contributed by atoms with E-state index in [2.05, 4.69) is 97.1 Å². The first-order valence-electron chi connectivity index (χ1n) is 12.4. The lowest BCUT2D eigenvalue weighted by Gasteiger charge is -2.11. The number of hydrogen-bond acceptors (Lipinski definition) is 3. The van der Waals surface area contributed by atoms with Crippen LogP contribution in [0.4, 0.5) is 0 Å². The number of rotatable bonds is 4. The van der Waals surface area contributed by atoms with Crippen LogP contribution in [0.2, 0.25) is 0 Å². The third-order valence-electron chi connectivity index (χ3n) is 6.74. The molecule has 0 N–H and O–H groups in total. The Hall–Kier alpha value is -5.02. The molecule has 0 amide bonds. The molecule has 37 heavy (non-hydrogen) atoms. The molecule has 2 aromatic heterocycles. The lowest BCUT2D eigenvalue weighted by atomic mass is 9.98. The summed E-state index contributed by atoms with van der Waals surface area (Å²) in [5.74, 6) is 0.681. The van der Waals surface area contributed by atoms with Gasteiger partial charge in [0.05, 0.1) is 0 Å². The molecule has 174 valence electrons. The smallest absolute Gasteiger partial charge is 0.180 e. The van der Waals surface area contributed by atoms with Crippen molar-refractivity contribution in [1.82, 2.24) is 9.97 Å². The van der Waals surface area contributed by atoms with Crippen molar-refractivity contribution in [1.29, 1.82) is 0 Å². The minimum Gasteiger partial charge on any atom is -0.452 e. The summed E-state index contributed by atoms with van der Waals surface area (Å²) in [6.45, 7) is 0. The number of benzene rings is 5. The van der Waals surface area contributed by atoms with E-state index in [0.29, 0.717) is 11.4 Å². The monoisotopic (exact) mass is 474 g/mol. The Bertz CT molecular complexity index is 1850. The third kappa shape index (κ3) is 3.78. The highest BCUT2D eigenvalue weighted by atomic mass is 16.3. The first-order valence-corrected chi connectivity index (χ1v) is 12.4. The first-order chi connectivity index (χ1) is 18.3. The number of nitrogens with zero attached hydrogens (tertiary/aromatic N) is 2. The Morgan fingerprint density at radius 3 is 1.76 bits per heavy atom. The molecular weight excluding hydrogens is 452 g/mol. The average molecular weight is 475 g/mol. The molecule has 3 nitrogen and oxygen atoms in total. The quantitative estimate of drug-likeness (QED) is 0.255. The highest BCUT2D eigenvalue weighted by Crippen LogP contribution is 2.38. The van der Waals surface area contributed by atoms with Crippen molar-refractivity contribution in [2.24, 2.45) is 0 Å². The van der Waals surface area contributed by atoms with Crippen LogP contribution in [0.1, 0.15) is 0 Å². The van der Waals surface area contributed by atoms with Crippen LogP contribution in [0.3, 0.4) is 0 Å². The third-order valence-corrected chi connectivity index (χ3v) is 6.74. The van der Waals surface area contributed by atoms with Gasteiger partial charge < -0.3 is 4.42 Å². The van der Waals surface area contributed by atoms with E-state index in [1.54, 1.807) is 0 Å². The zero-order chi connectivity index (χ0) is 24.6. The maximum absolute atomic E-state index is 6.33.